The van der Waals surface area contributed by atoms with Crippen LogP contribution in [0.15, 0.2) is 24.5 Å². The predicted octanol–water partition coefficient (Wildman–Crippen LogP) is 3.80. The summed E-state index contributed by atoms with van der Waals surface area (Å²) in [6.07, 6.45) is 4.19. The van der Waals surface area contributed by atoms with Gasteiger partial charge in [0.05, 0.1) is 18.5 Å². The number of rotatable bonds is 7. The second-order valence-electron chi connectivity index (χ2n) is 8.07. The van der Waals surface area contributed by atoms with Gasteiger partial charge in [-0.2, -0.15) is 0 Å². The largest absolute Gasteiger partial charge is 0.383 e. The fraction of sp³-hybridized carbons (Fsp3) is 0.545. The summed E-state index contributed by atoms with van der Waals surface area (Å²) in [5.41, 5.74) is 3.33. The molecular formula is C22H31N5OS. The first-order chi connectivity index (χ1) is 14.0. The van der Waals surface area contributed by atoms with Crippen LogP contribution in [0.3, 0.4) is 0 Å². The summed E-state index contributed by atoms with van der Waals surface area (Å²) in [7, 11) is 5.87. The van der Waals surface area contributed by atoms with Crippen molar-refractivity contribution in [2.75, 3.05) is 45.3 Å². The van der Waals surface area contributed by atoms with Crippen LogP contribution in [0.5, 0.6) is 0 Å². The molecular weight excluding hydrogens is 382 g/mol. The van der Waals surface area contributed by atoms with E-state index in [1.165, 1.54) is 15.4 Å². The van der Waals surface area contributed by atoms with Gasteiger partial charge >= 0.3 is 0 Å². The third kappa shape index (κ3) is 4.47. The Bertz CT molecular complexity index is 957. The Labute approximate surface area is 177 Å². The zero-order valence-corrected chi connectivity index (χ0v) is 18.7. The van der Waals surface area contributed by atoms with Gasteiger partial charge in [0.1, 0.15) is 5.52 Å². The number of imidazole rings is 1. The van der Waals surface area contributed by atoms with Crippen molar-refractivity contribution >= 4 is 28.2 Å². The average molecular weight is 414 g/mol. The SMILES string of the molecule is COCCN(C)c1nc(C2CCN(Cc3ccc(C)s3)CC2)cc2c1ncn2C. The number of piperidine rings is 1. The quantitative estimate of drug-likeness (QED) is 0.590. The summed E-state index contributed by atoms with van der Waals surface area (Å²) in [6.45, 7) is 6.99. The minimum Gasteiger partial charge on any atom is -0.383 e. The van der Waals surface area contributed by atoms with E-state index in [9.17, 15) is 0 Å². The topological polar surface area (TPSA) is 46.4 Å². The molecule has 3 aromatic rings. The second kappa shape index (κ2) is 8.81. The normalized spacial score (nSPS) is 16.0. The number of nitrogens with zero attached hydrogens (tertiary/aromatic N) is 5. The summed E-state index contributed by atoms with van der Waals surface area (Å²) in [5.74, 6) is 1.47. The lowest BCUT2D eigenvalue weighted by molar-refractivity contribution is 0.204. The number of likely N-dealkylation sites (N-methyl/N-ethyl adjacent to an activating group) is 1. The van der Waals surface area contributed by atoms with E-state index in [2.05, 4.69) is 58.6 Å². The molecule has 0 spiro atoms. The molecule has 1 fully saturated rings. The Morgan fingerprint density at radius 2 is 2.07 bits per heavy atom. The van der Waals surface area contributed by atoms with Gasteiger partial charge in [-0.15, -0.1) is 11.3 Å². The van der Waals surface area contributed by atoms with Gasteiger partial charge in [0.25, 0.3) is 0 Å². The van der Waals surface area contributed by atoms with Crippen LogP contribution >= 0.6 is 11.3 Å². The van der Waals surface area contributed by atoms with E-state index in [1.807, 2.05) is 17.7 Å². The fourth-order valence-electron chi connectivity index (χ4n) is 4.12. The van der Waals surface area contributed by atoms with Crippen LogP contribution in [0.4, 0.5) is 5.82 Å². The van der Waals surface area contributed by atoms with E-state index < -0.39 is 0 Å². The van der Waals surface area contributed by atoms with Gasteiger partial charge in [-0.1, -0.05) is 0 Å². The first-order valence-corrected chi connectivity index (χ1v) is 11.2. The molecule has 0 aliphatic carbocycles. The van der Waals surface area contributed by atoms with Gasteiger partial charge in [-0.3, -0.25) is 4.90 Å². The minimum absolute atomic E-state index is 0.505. The molecule has 4 heterocycles. The van der Waals surface area contributed by atoms with Crippen molar-refractivity contribution in [3.8, 4) is 0 Å². The molecule has 4 rings (SSSR count). The Hall–Kier alpha value is -1.96. The maximum atomic E-state index is 5.26. The number of ether oxygens (including phenoxy) is 1. The predicted molar refractivity (Wildman–Crippen MR) is 120 cm³/mol. The van der Waals surface area contributed by atoms with Gasteiger partial charge in [0.15, 0.2) is 5.82 Å². The van der Waals surface area contributed by atoms with E-state index in [0.29, 0.717) is 12.5 Å². The molecule has 1 aliphatic heterocycles. The van der Waals surface area contributed by atoms with Crippen molar-refractivity contribution in [2.45, 2.75) is 32.2 Å². The number of thiophene rings is 1. The molecule has 7 heteroatoms. The van der Waals surface area contributed by atoms with E-state index in [4.69, 9.17) is 9.72 Å². The molecule has 0 unspecified atom stereocenters. The highest BCUT2D eigenvalue weighted by atomic mass is 32.1. The lowest BCUT2D eigenvalue weighted by Gasteiger charge is -2.32. The number of aryl methyl sites for hydroxylation is 2. The van der Waals surface area contributed by atoms with Gasteiger partial charge in [-0.25, -0.2) is 9.97 Å². The van der Waals surface area contributed by atoms with Crippen LogP contribution in [0.2, 0.25) is 0 Å². The zero-order valence-electron chi connectivity index (χ0n) is 17.9. The molecule has 0 bridgehead atoms. The first-order valence-electron chi connectivity index (χ1n) is 10.3. The van der Waals surface area contributed by atoms with Crippen molar-refractivity contribution in [3.63, 3.8) is 0 Å². The van der Waals surface area contributed by atoms with E-state index >= 15 is 0 Å². The van der Waals surface area contributed by atoms with Crippen LogP contribution in [0, 0.1) is 6.92 Å². The number of hydrogen-bond acceptors (Lipinski definition) is 6. The molecule has 0 radical (unpaired) electrons. The van der Waals surface area contributed by atoms with Crippen molar-refractivity contribution in [1.82, 2.24) is 19.4 Å². The molecule has 0 N–H and O–H groups in total. The summed E-state index contributed by atoms with van der Waals surface area (Å²) in [6, 6.07) is 6.74. The summed E-state index contributed by atoms with van der Waals surface area (Å²) in [5, 5.41) is 0. The van der Waals surface area contributed by atoms with E-state index in [-0.39, 0.29) is 0 Å². The lowest BCUT2D eigenvalue weighted by atomic mass is 9.92. The van der Waals surface area contributed by atoms with Gasteiger partial charge < -0.3 is 14.2 Å². The number of aromatic nitrogens is 3. The van der Waals surface area contributed by atoms with Gasteiger partial charge in [-0.05, 0) is 51.1 Å². The Morgan fingerprint density at radius 3 is 2.76 bits per heavy atom. The van der Waals surface area contributed by atoms with Crippen LogP contribution in [-0.2, 0) is 18.3 Å². The van der Waals surface area contributed by atoms with E-state index in [1.54, 1.807) is 7.11 Å². The Morgan fingerprint density at radius 1 is 1.28 bits per heavy atom. The molecule has 0 aromatic carbocycles. The maximum absolute atomic E-state index is 5.26. The monoisotopic (exact) mass is 413 g/mol. The standard InChI is InChI=1S/C22H31N5OS/c1-16-5-6-18(29-16)14-27-9-7-17(8-10-27)19-13-20-21(23-15-26(20)3)22(24-19)25(2)11-12-28-4/h5-6,13,15,17H,7-12,14H2,1-4H3. The van der Waals surface area contributed by atoms with Crippen LogP contribution in [-0.4, -0.2) is 59.8 Å². The Kier molecular flexibility index (Phi) is 6.18. The third-order valence-corrected chi connectivity index (χ3v) is 6.87. The molecule has 0 saturated carbocycles. The van der Waals surface area contributed by atoms with Crippen LogP contribution in [0.25, 0.3) is 11.0 Å². The van der Waals surface area contributed by atoms with Crippen LogP contribution < -0.4 is 4.90 Å². The molecule has 6 nitrogen and oxygen atoms in total. The van der Waals surface area contributed by atoms with E-state index in [0.717, 1.165) is 55.9 Å². The highest BCUT2D eigenvalue weighted by Gasteiger charge is 2.24. The highest BCUT2D eigenvalue weighted by Crippen LogP contribution is 2.32. The molecule has 29 heavy (non-hydrogen) atoms. The zero-order chi connectivity index (χ0) is 20.4. The number of likely N-dealkylation sites (tertiary alicyclic amines) is 1. The van der Waals surface area contributed by atoms with Gasteiger partial charge in [0, 0.05) is 55.7 Å². The smallest absolute Gasteiger partial charge is 0.156 e. The number of anilines is 1. The number of hydrogen-bond donors (Lipinski definition) is 0. The van der Waals surface area contributed by atoms with Crippen molar-refractivity contribution in [1.29, 1.82) is 0 Å². The molecule has 0 amide bonds. The maximum Gasteiger partial charge on any atom is 0.156 e. The van der Waals surface area contributed by atoms with Crippen molar-refractivity contribution in [3.05, 3.63) is 40.0 Å². The van der Waals surface area contributed by atoms with Gasteiger partial charge in [0.2, 0.25) is 0 Å². The summed E-state index contributed by atoms with van der Waals surface area (Å²) >= 11 is 1.91. The lowest BCUT2D eigenvalue weighted by Crippen LogP contribution is -2.32. The summed E-state index contributed by atoms with van der Waals surface area (Å²) < 4.78 is 7.36. The van der Waals surface area contributed by atoms with Crippen molar-refractivity contribution in [2.24, 2.45) is 7.05 Å². The molecule has 3 aromatic heterocycles. The average Bonchev–Trinajstić information content (AvgIpc) is 3.31. The number of pyridine rings is 1. The number of methoxy groups -OCH3 is 1. The highest BCUT2D eigenvalue weighted by molar-refractivity contribution is 7.11. The number of fused-ring (bicyclic) bond motifs is 1. The Balaban J connectivity index is 1.51. The van der Waals surface area contributed by atoms with Crippen LogP contribution in [0.1, 0.15) is 34.2 Å². The molecule has 156 valence electrons. The summed E-state index contributed by atoms with van der Waals surface area (Å²) in [4.78, 5) is 17.3. The second-order valence-corrected chi connectivity index (χ2v) is 9.44. The first kappa shape index (κ1) is 20.3. The molecule has 0 atom stereocenters. The fourth-order valence-corrected chi connectivity index (χ4v) is 5.05. The minimum atomic E-state index is 0.505. The third-order valence-electron chi connectivity index (χ3n) is 5.89. The van der Waals surface area contributed by atoms with Crippen molar-refractivity contribution < 1.29 is 4.74 Å². The molecule has 1 aliphatic rings. The molecule has 1 saturated heterocycles.